The second kappa shape index (κ2) is 7.79. The maximum absolute atomic E-state index is 12.8. The molecule has 0 radical (unpaired) electrons. The summed E-state index contributed by atoms with van der Waals surface area (Å²) in [6.45, 7) is 5.11. The number of rotatable bonds is 4. The molecule has 1 aromatic heterocycles. The van der Waals surface area contributed by atoms with Gasteiger partial charge in [-0.15, -0.1) is 0 Å². The molecule has 3 aromatic rings. The number of anilines is 1. The number of hydrogen-bond acceptors (Lipinski definition) is 6. The zero-order valence-electron chi connectivity index (χ0n) is 17.3. The van der Waals surface area contributed by atoms with Crippen LogP contribution in [0.5, 0.6) is 11.5 Å². The lowest BCUT2D eigenvalue weighted by molar-refractivity contribution is 0.234. The first-order valence-corrected chi connectivity index (χ1v) is 9.75. The van der Waals surface area contributed by atoms with Crippen molar-refractivity contribution in [2.24, 2.45) is 0 Å². The zero-order chi connectivity index (χ0) is 20.5. The first kappa shape index (κ1) is 19.3. The Bertz CT molecular complexity index is 1090. The van der Waals surface area contributed by atoms with Crippen LogP contribution in [0.25, 0.3) is 22.1 Å². The standard InChI is InChI=1S/C23H26N2O4/c1-15-14-25(10-9-24(15)2)18-7-5-16-11-21(29-23(26)19(16)13-18)17-6-8-20(27-3)22(12-17)28-4/h5-8,11-13,15H,9-10,14H2,1-4H3/t15-/m0/s1. The van der Waals surface area contributed by atoms with Gasteiger partial charge in [0.1, 0.15) is 5.76 Å². The Morgan fingerprint density at radius 1 is 1.00 bits per heavy atom. The van der Waals surface area contributed by atoms with E-state index >= 15 is 0 Å². The van der Waals surface area contributed by atoms with Gasteiger partial charge in [-0.2, -0.15) is 0 Å². The smallest absolute Gasteiger partial charge is 0.344 e. The van der Waals surface area contributed by atoms with Gasteiger partial charge in [0.2, 0.25) is 0 Å². The van der Waals surface area contributed by atoms with Gasteiger partial charge in [-0.3, -0.25) is 0 Å². The van der Waals surface area contributed by atoms with Crippen LogP contribution < -0.4 is 20.0 Å². The molecular formula is C23H26N2O4. The molecule has 1 fully saturated rings. The summed E-state index contributed by atoms with van der Waals surface area (Å²) in [6.07, 6.45) is 0. The lowest BCUT2D eigenvalue weighted by Crippen LogP contribution is -2.50. The van der Waals surface area contributed by atoms with Gasteiger partial charge in [0.15, 0.2) is 11.5 Å². The average molecular weight is 394 g/mol. The van der Waals surface area contributed by atoms with Crippen molar-refractivity contribution in [3.8, 4) is 22.8 Å². The minimum absolute atomic E-state index is 0.337. The van der Waals surface area contributed by atoms with E-state index in [1.54, 1.807) is 20.3 Å². The molecule has 1 atom stereocenters. The molecule has 0 saturated carbocycles. The number of benzene rings is 2. The molecule has 4 rings (SSSR count). The van der Waals surface area contributed by atoms with Gasteiger partial charge in [0, 0.05) is 36.9 Å². The normalized spacial score (nSPS) is 17.5. The van der Waals surface area contributed by atoms with E-state index in [1.807, 2.05) is 30.3 Å². The number of ether oxygens (including phenoxy) is 2. The van der Waals surface area contributed by atoms with Crippen molar-refractivity contribution >= 4 is 16.5 Å². The third-order valence-electron chi connectivity index (χ3n) is 5.74. The molecule has 1 saturated heterocycles. The molecule has 0 aliphatic carbocycles. The molecule has 152 valence electrons. The first-order chi connectivity index (χ1) is 14.0. The van der Waals surface area contributed by atoms with Crippen LogP contribution >= 0.6 is 0 Å². The SMILES string of the molecule is COc1ccc(-c2cc3ccc(N4CCN(C)[C@@H](C)C4)cc3c(=O)o2)cc1OC. The fourth-order valence-corrected chi connectivity index (χ4v) is 3.78. The van der Waals surface area contributed by atoms with Crippen molar-refractivity contribution in [3.63, 3.8) is 0 Å². The van der Waals surface area contributed by atoms with Gasteiger partial charge in [-0.05, 0) is 55.8 Å². The van der Waals surface area contributed by atoms with Crippen LogP contribution in [0, 0.1) is 0 Å². The minimum Gasteiger partial charge on any atom is -0.493 e. The molecule has 1 aliphatic heterocycles. The predicted octanol–water partition coefficient (Wildman–Crippen LogP) is 3.62. The number of fused-ring (bicyclic) bond motifs is 1. The average Bonchev–Trinajstić information content (AvgIpc) is 2.74. The van der Waals surface area contributed by atoms with E-state index in [4.69, 9.17) is 13.9 Å². The molecule has 0 bridgehead atoms. The Morgan fingerprint density at radius 2 is 1.79 bits per heavy atom. The van der Waals surface area contributed by atoms with Crippen molar-refractivity contribution in [1.82, 2.24) is 4.90 Å². The molecule has 1 aliphatic rings. The molecular weight excluding hydrogens is 368 g/mol. The summed E-state index contributed by atoms with van der Waals surface area (Å²) < 4.78 is 16.3. The number of likely N-dealkylation sites (N-methyl/N-ethyl adjacent to an activating group) is 1. The van der Waals surface area contributed by atoms with E-state index < -0.39 is 0 Å². The van der Waals surface area contributed by atoms with Gasteiger partial charge in [0.05, 0.1) is 19.6 Å². The maximum Gasteiger partial charge on any atom is 0.344 e. The van der Waals surface area contributed by atoms with Crippen LogP contribution in [-0.4, -0.2) is 51.8 Å². The summed E-state index contributed by atoms with van der Waals surface area (Å²) in [7, 11) is 5.32. The van der Waals surface area contributed by atoms with Crippen molar-refractivity contribution in [2.75, 3.05) is 45.8 Å². The van der Waals surface area contributed by atoms with Crippen molar-refractivity contribution < 1.29 is 13.9 Å². The Balaban J connectivity index is 1.71. The van der Waals surface area contributed by atoms with Crippen LogP contribution in [-0.2, 0) is 0 Å². The Kier molecular flexibility index (Phi) is 5.20. The van der Waals surface area contributed by atoms with E-state index in [0.717, 1.165) is 36.3 Å². The van der Waals surface area contributed by atoms with Crippen LogP contribution in [0.3, 0.4) is 0 Å². The Labute approximate surface area is 170 Å². The Morgan fingerprint density at radius 3 is 2.52 bits per heavy atom. The molecule has 0 unspecified atom stereocenters. The van der Waals surface area contributed by atoms with Gasteiger partial charge in [0.25, 0.3) is 0 Å². The van der Waals surface area contributed by atoms with Crippen molar-refractivity contribution in [1.29, 1.82) is 0 Å². The highest BCUT2D eigenvalue weighted by atomic mass is 16.5. The number of piperazine rings is 1. The van der Waals surface area contributed by atoms with E-state index in [0.29, 0.717) is 28.7 Å². The number of methoxy groups -OCH3 is 2. The summed E-state index contributed by atoms with van der Waals surface area (Å²) in [5, 5.41) is 1.45. The first-order valence-electron chi connectivity index (χ1n) is 9.75. The fraction of sp³-hybridized carbons (Fsp3) is 0.348. The van der Waals surface area contributed by atoms with E-state index in [2.05, 4.69) is 29.8 Å². The lowest BCUT2D eigenvalue weighted by atomic mass is 10.1. The van der Waals surface area contributed by atoms with Gasteiger partial charge >= 0.3 is 5.63 Å². The molecule has 0 amide bonds. The van der Waals surface area contributed by atoms with Crippen molar-refractivity contribution in [3.05, 3.63) is 52.9 Å². The second-order valence-electron chi connectivity index (χ2n) is 7.52. The number of hydrogen-bond donors (Lipinski definition) is 0. The third kappa shape index (κ3) is 3.68. The van der Waals surface area contributed by atoms with Crippen LogP contribution in [0.4, 0.5) is 5.69 Å². The van der Waals surface area contributed by atoms with Crippen LogP contribution in [0.2, 0.25) is 0 Å². The second-order valence-corrected chi connectivity index (χ2v) is 7.52. The molecule has 29 heavy (non-hydrogen) atoms. The third-order valence-corrected chi connectivity index (χ3v) is 5.74. The topological polar surface area (TPSA) is 55.2 Å². The predicted molar refractivity (Wildman–Crippen MR) is 115 cm³/mol. The number of nitrogens with zero attached hydrogens (tertiary/aromatic N) is 2. The zero-order valence-corrected chi connectivity index (χ0v) is 17.3. The fourth-order valence-electron chi connectivity index (χ4n) is 3.78. The highest BCUT2D eigenvalue weighted by Gasteiger charge is 2.21. The molecule has 2 aromatic carbocycles. The highest BCUT2D eigenvalue weighted by molar-refractivity contribution is 5.87. The maximum atomic E-state index is 12.8. The van der Waals surface area contributed by atoms with E-state index in [-0.39, 0.29) is 5.63 Å². The van der Waals surface area contributed by atoms with Gasteiger partial charge in [-0.1, -0.05) is 6.07 Å². The minimum atomic E-state index is -0.337. The molecule has 6 nitrogen and oxygen atoms in total. The molecule has 6 heteroatoms. The molecule has 0 N–H and O–H groups in total. The van der Waals surface area contributed by atoms with Crippen LogP contribution in [0.1, 0.15) is 6.92 Å². The lowest BCUT2D eigenvalue weighted by Gasteiger charge is -2.39. The summed E-state index contributed by atoms with van der Waals surface area (Å²) >= 11 is 0. The van der Waals surface area contributed by atoms with Crippen molar-refractivity contribution in [2.45, 2.75) is 13.0 Å². The van der Waals surface area contributed by atoms with Gasteiger partial charge in [-0.25, -0.2) is 4.79 Å². The molecule has 2 heterocycles. The van der Waals surface area contributed by atoms with E-state index in [9.17, 15) is 4.79 Å². The quantitative estimate of drug-likeness (QED) is 0.674. The largest absolute Gasteiger partial charge is 0.493 e. The summed E-state index contributed by atoms with van der Waals surface area (Å²) in [4.78, 5) is 17.4. The van der Waals surface area contributed by atoms with Crippen LogP contribution in [0.15, 0.2) is 51.7 Å². The summed E-state index contributed by atoms with van der Waals surface area (Å²) in [5.41, 5.74) is 1.48. The molecule has 0 spiro atoms. The Hall–Kier alpha value is -2.99. The van der Waals surface area contributed by atoms with Gasteiger partial charge < -0.3 is 23.7 Å². The highest BCUT2D eigenvalue weighted by Crippen LogP contribution is 2.33. The monoisotopic (exact) mass is 394 g/mol. The van der Waals surface area contributed by atoms with E-state index in [1.165, 1.54) is 0 Å². The summed E-state index contributed by atoms with van der Waals surface area (Å²) in [6, 6.07) is 13.9. The summed E-state index contributed by atoms with van der Waals surface area (Å²) in [5.74, 6) is 1.72.